The molecule has 0 atom stereocenters. The highest BCUT2D eigenvalue weighted by Gasteiger charge is 2.08. The number of thioether (sulfide) groups is 1. The first-order chi connectivity index (χ1) is 11.3. The summed E-state index contributed by atoms with van der Waals surface area (Å²) in [5.41, 5.74) is 1.60. The number of rotatable bonds is 4. The van der Waals surface area contributed by atoms with Gasteiger partial charge in [0.1, 0.15) is 16.9 Å². The van der Waals surface area contributed by atoms with Gasteiger partial charge in [0.25, 0.3) is 5.56 Å². The third kappa shape index (κ3) is 2.90. The van der Waals surface area contributed by atoms with Crippen LogP contribution in [0.25, 0.3) is 15.9 Å². The van der Waals surface area contributed by atoms with E-state index in [0.717, 1.165) is 11.2 Å². The molecular formula is C15H11N5OS2. The van der Waals surface area contributed by atoms with Crippen molar-refractivity contribution in [3.63, 3.8) is 0 Å². The van der Waals surface area contributed by atoms with Gasteiger partial charge in [0.15, 0.2) is 0 Å². The Morgan fingerprint density at radius 3 is 2.96 bits per heavy atom. The van der Waals surface area contributed by atoms with Gasteiger partial charge >= 0.3 is 0 Å². The van der Waals surface area contributed by atoms with E-state index in [4.69, 9.17) is 0 Å². The second-order valence-corrected chi connectivity index (χ2v) is 6.60. The van der Waals surface area contributed by atoms with Gasteiger partial charge < -0.3 is 4.98 Å². The molecule has 1 aromatic carbocycles. The zero-order chi connectivity index (χ0) is 15.6. The number of thiophene rings is 1. The molecule has 114 valence electrons. The molecule has 3 aromatic heterocycles. The predicted molar refractivity (Wildman–Crippen MR) is 91.2 cm³/mol. The number of nitrogens with zero attached hydrogens (tertiary/aromatic N) is 4. The second-order valence-electron chi connectivity index (χ2n) is 4.74. The van der Waals surface area contributed by atoms with E-state index >= 15 is 0 Å². The van der Waals surface area contributed by atoms with Crippen LogP contribution in [0.3, 0.4) is 0 Å². The lowest BCUT2D eigenvalue weighted by molar-refractivity contribution is 0.834. The number of hydrogen-bond acceptors (Lipinski definition) is 6. The summed E-state index contributed by atoms with van der Waals surface area (Å²) in [6.45, 7) is 0. The summed E-state index contributed by atoms with van der Waals surface area (Å²) in [7, 11) is 0. The van der Waals surface area contributed by atoms with Crippen LogP contribution in [0, 0.1) is 0 Å². The molecule has 0 fully saturated rings. The summed E-state index contributed by atoms with van der Waals surface area (Å²) >= 11 is 2.83. The molecule has 6 nitrogen and oxygen atoms in total. The van der Waals surface area contributed by atoms with Gasteiger partial charge in [-0.15, -0.1) is 16.4 Å². The zero-order valence-electron chi connectivity index (χ0n) is 11.8. The summed E-state index contributed by atoms with van der Waals surface area (Å²) in [5.74, 6) is 1.14. The molecule has 1 N–H and O–H groups in total. The first kappa shape index (κ1) is 14.2. The Bertz CT molecular complexity index is 1010. The van der Waals surface area contributed by atoms with Crippen LogP contribution < -0.4 is 5.56 Å². The van der Waals surface area contributed by atoms with Crippen LogP contribution in [-0.2, 0) is 5.75 Å². The fraction of sp³-hybridized carbons (Fsp3) is 0.0667. The summed E-state index contributed by atoms with van der Waals surface area (Å²) in [6.07, 6.45) is 1.68. The molecular weight excluding hydrogens is 330 g/mol. The second kappa shape index (κ2) is 5.98. The van der Waals surface area contributed by atoms with Gasteiger partial charge in [-0.2, -0.15) is 0 Å². The number of fused-ring (bicyclic) bond motifs is 1. The highest BCUT2D eigenvalue weighted by atomic mass is 32.2. The minimum atomic E-state index is -0.0941. The molecule has 0 saturated carbocycles. The van der Waals surface area contributed by atoms with E-state index in [2.05, 4.69) is 20.1 Å². The van der Waals surface area contributed by atoms with E-state index < -0.39 is 0 Å². The molecule has 8 heteroatoms. The Labute approximate surface area is 139 Å². The first-order valence-electron chi connectivity index (χ1n) is 6.86. The van der Waals surface area contributed by atoms with Gasteiger partial charge in [-0.3, -0.25) is 4.79 Å². The number of para-hydroxylation sites is 1. The average Bonchev–Trinajstić information content (AvgIpc) is 3.23. The van der Waals surface area contributed by atoms with Crippen LogP contribution >= 0.6 is 23.1 Å². The van der Waals surface area contributed by atoms with Crippen molar-refractivity contribution in [1.29, 1.82) is 0 Å². The third-order valence-corrected chi connectivity index (χ3v) is 4.96. The standard InChI is InChI=1S/C15H11N5OS2/c21-14-13-11(6-7-22-13)17-12(18-14)8-23-15-16-9-20(19-15)10-4-2-1-3-5-10/h1-7,9H,8H2,(H,17,18,21). The van der Waals surface area contributed by atoms with Crippen LogP contribution in [0.1, 0.15) is 5.82 Å². The molecule has 3 heterocycles. The van der Waals surface area contributed by atoms with Crippen LogP contribution in [-0.4, -0.2) is 24.7 Å². The third-order valence-electron chi connectivity index (χ3n) is 3.19. The Kier molecular flexibility index (Phi) is 3.68. The molecule has 0 spiro atoms. The van der Waals surface area contributed by atoms with E-state index in [0.29, 0.717) is 21.4 Å². The zero-order valence-corrected chi connectivity index (χ0v) is 13.5. The lowest BCUT2D eigenvalue weighted by Crippen LogP contribution is -2.09. The van der Waals surface area contributed by atoms with E-state index in [9.17, 15) is 4.79 Å². The number of aromatic nitrogens is 5. The molecule has 4 aromatic rings. The average molecular weight is 341 g/mol. The topological polar surface area (TPSA) is 76.5 Å². The number of benzene rings is 1. The van der Waals surface area contributed by atoms with Gasteiger partial charge in [-0.25, -0.2) is 14.6 Å². The fourth-order valence-corrected chi connectivity index (χ4v) is 3.54. The van der Waals surface area contributed by atoms with Crippen LogP contribution in [0.15, 0.2) is 58.1 Å². The Morgan fingerprint density at radius 1 is 1.22 bits per heavy atom. The van der Waals surface area contributed by atoms with E-state index in [1.54, 1.807) is 11.0 Å². The van der Waals surface area contributed by atoms with Crippen molar-refractivity contribution in [2.45, 2.75) is 10.9 Å². The summed E-state index contributed by atoms with van der Waals surface area (Å²) in [5, 5.41) is 6.93. The van der Waals surface area contributed by atoms with Crippen molar-refractivity contribution in [2.24, 2.45) is 0 Å². The molecule has 0 amide bonds. The first-order valence-corrected chi connectivity index (χ1v) is 8.72. The molecule has 0 radical (unpaired) electrons. The van der Waals surface area contributed by atoms with Gasteiger partial charge in [-0.1, -0.05) is 30.0 Å². The highest BCUT2D eigenvalue weighted by molar-refractivity contribution is 7.98. The van der Waals surface area contributed by atoms with Crippen molar-refractivity contribution in [3.8, 4) is 5.69 Å². The number of nitrogens with one attached hydrogen (secondary N) is 1. The van der Waals surface area contributed by atoms with Crippen molar-refractivity contribution < 1.29 is 0 Å². The molecule has 23 heavy (non-hydrogen) atoms. The summed E-state index contributed by atoms with van der Waals surface area (Å²) in [4.78, 5) is 23.5. The maximum absolute atomic E-state index is 11.9. The van der Waals surface area contributed by atoms with E-state index in [1.807, 2.05) is 41.8 Å². The Morgan fingerprint density at radius 2 is 2.09 bits per heavy atom. The monoisotopic (exact) mass is 341 g/mol. The van der Waals surface area contributed by atoms with Crippen molar-refractivity contribution in [1.82, 2.24) is 24.7 Å². The quantitative estimate of drug-likeness (QED) is 0.578. The number of H-pyrrole nitrogens is 1. The summed E-state index contributed by atoms with van der Waals surface area (Å²) < 4.78 is 2.38. The largest absolute Gasteiger partial charge is 0.309 e. The van der Waals surface area contributed by atoms with Crippen molar-refractivity contribution >= 4 is 33.3 Å². The molecule has 0 unspecified atom stereocenters. The van der Waals surface area contributed by atoms with Gasteiger partial charge in [0.2, 0.25) is 5.16 Å². The molecule has 0 aliphatic carbocycles. The number of aromatic amines is 1. The van der Waals surface area contributed by atoms with Gasteiger partial charge in [0.05, 0.1) is 17.0 Å². The van der Waals surface area contributed by atoms with E-state index in [1.165, 1.54) is 23.1 Å². The van der Waals surface area contributed by atoms with Crippen LogP contribution in [0.2, 0.25) is 0 Å². The Balaban J connectivity index is 1.52. The van der Waals surface area contributed by atoms with Crippen molar-refractivity contribution in [2.75, 3.05) is 0 Å². The molecule has 4 rings (SSSR count). The Hall–Kier alpha value is -2.45. The van der Waals surface area contributed by atoms with Gasteiger partial charge in [0, 0.05) is 0 Å². The molecule has 0 aliphatic heterocycles. The predicted octanol–water partition coefficient (Wildman–Crippen LogP) is 2.86. The van der Waals surface area contributed by atoms with Crippen LogP contribution in [0.4, 0.5) is 0 Å². The SMILES string of the molecule is O=c1[nH]c(CSc2ncn(-c3ccccc3)n2)nc2ccsc12. The van der Waals surface area contributed by atoms with Crippen LogP contribution in [0.5, 0.6) is 0 Å². The summed E-state index contributed by atoms with van der Waals surface area (Å²) in [6, 6.07) is 11.6. The number of hydrogen-bond donors (Lipinski definition) is 1. The minimum Gasteiger partial charge on any atom is -0.309 e. The maximum atomic E-state index is 11.9. The van der Waals surface area contributed by atoms with Gasteiger partial charge in [-0.05, 0) is 23.6 Å². The molecule has 0 saturated heterocycles. The lowest BCUT2D eigenvalue weighted by atomic mass is 10.3. The minimum absolute atomic E-state index is 0.0941. The normalized spacial score (nSPS) is 11.1. The lowest BCUT2D eigenvalue weighted by Gasteiger charge is -1.99. The van der Waals surface area contributed by atoms with E-state index in [-0.39, 0.29) is 5.56 Å². The molecule has 0 bridgehead atoms. The highest BCUT2D eigenvalue weighted by Crippen LogP contribution is 2.19. The van der Waals surface area contributed by atoms with Crippen molar-refractivity contribution in [3.05, 3.63) is 64.3 Å². The fourth-order valence-electron chi connectivity index (χ4n) is 2.14. The smallest absolute Gasteiger partial charge is 0.268 e. The molecule has 0 aliphatic rings. The maximum Gasteiger partial charge on any atom is 0.268 e.